The van der Waals surface area contributed by atoms with Gasteiger partial charge in [-0.15, -0.1) is 0 Å². The van der Waals surface area contributed by atoms with Crippen LogP contribution < -0.4 is 16.0 Å². The van der Waals surface area contributed by atoms with Crippen LogP contribution in [0, 0.1) is 0 Å². The number of benzene rings is 2. The van der Waals surface area contributed by atoms with Crippen molar-refractivity contribution in [1.29, 1.82) is 0 Å². The molecule has 0 radical (unpaired) electrons. The first-order chi connectivity index (χ1) is 10.0. The smallest absolute Gasteiger partial charge is 0.265 e. The summed E-state index contributed by atoms with van der Waals surface area (Å²) in [4.78, 5) is 11.5. The van der Waals surface area contributed by atoms with Crippen molar-refractivity contribution in [1.82, 2.24) is 5.43 Å². The maximum atomic E-state index is 11.5. The van der Waals surface area contributed by atoms with E-state index in [0.717, 1.165) is 5.56 Å². The molecule has 21 heavy (non-hydrogen) atoms. The van der Waals surface area contributed by atoms with Gasteiger partial charge in [0.1, 0.15) is 6.61 Å². The van der Waals surface area contributed by atoms with Crippen molar-refractivity contribution < 1.29 is 9.53 Å². The number of hydrogen-bond donors (Lipinski definition) is 2. The Labute approximate surface area is 140 Å². The summed E-state index contributed by atoms with van der Waals surface area (Å²) >= 11 is 15.5. The molecule has 1 amide bonds. The summed E-state index contributed by atoms with van der Waals surface area (Å²) in [5.74, 6) is 5.09. The minimum absolute atomic E-state index is 0.264. The van der Waals surface area contributed by atoms with Gasteiger partial charge in [-0.1, -0.05) is 41.4 Å². The van der Waals surface area contributed by atoms with E-state index >= 15 is 0 Å². The van der Waals surface area contributed by atoms with Crippen LogP contribution in [0.4, 0.5) is 0 Å². The lowest BCUT2D eigenvalue weighted by Crippen LogP contribution is -2.29. The third kappa shape index (κ3) is 3.89. The summed E-state index contributed by atoms with van der Waals surface area (Å²) in [5, 5.41) is 0.916. The first-order valence-electron chi connectivity index (χ1n) is 5.89. The van der Waals surface area contributed by atoms with Gasteiger partial charge in [-0.05, 0) is 34.1 Å². The van der Waals surface area contributed by atoms with Crippen molar-refractivity contribution in [2.24, 2.45) is 5.84 Å². The fourth-order valence-electron chi connectivity index (χ4n) is 1.68. The fraction of sp³-hybridized carbons (Fsp3) is 0.0714. The lowest BCUT2D eigenvalue weighted by molar-refractivity contribution is 0.0953. The third-order valence-corrected chi connectivity index (χ3v) is 3.96. The Bertz CT molecular complexity index is 657. The second kappa shape index (κ2) is 7.13. The predicted octanol–water partition coefficient (Wildman–Crippen LogP) is 3.94. The normalized spacial score (nSPS) is 10.3. The number of carbonyl (C=O) groups is 1. The molecule has 7 heteroatoms. The monoisotopic (exact) mass is 388 g/mol. The maximum Gasteiger partial charge on any atom is 0.265 e. The minimum Gasteiger partial charge on any atom is -0.486 e. The number of nitrogens with two attached hydrogens (primary N) is 1. The SMILES string of the molecule is NNC(=O)c1cc(Cl)c(OCc2ccccc2Cl)c(Br)c1. The molecule has 0 saturated carbocycles. The highest BCUT2D eigenvalue weighted by Gasteiger charge is 2.13. The highest BCUT2D eigenvalue weighted by Crippen LogP contribution is 2.35. The summed E-state index contributed by atoms with van der Waals surface area (Å²) in [6, 6.07) is 10.4. The first-order valence-corrected chi connectivity index (χ1v) is 7.44. The number of rotatable bonds is 4. The van der Waals surface area contributed by atoms with E-state index in [2.05, 4.69) is 15.9 Å². The molecule has 0 spiro atoms. The molecule has 2 aromatic rings. The molecule has 110 valence electrons. The van der Waals surface area contributed by atoms with Crippen molar-refractivity contribution in [3.63, 3.8) is 0 Å². The number of nitrogen functional groups attached to an aromatic ring is 1. The molecule has 4 nitrogen and oxygen atoms in total. The first kappa shape index (κ1) is 16.1. The summed E-state index contributed by atoms with van der Waals surface area (Å²) in [7, 11) is 0. The van der Waals surface area contributed by atoms with E-state index < -0.39 is 5.91 Å². The molecule has 0 unspecified atom stereocenters. The number of nitrogens with one attached hydrogen (secondary N) is 1. The van der Waals surface area contributed by atoms with E-state index in [1.807, 2.05) is 23.6 Å². The average Bonchev–Trinajstić information content (AvgIpc) is 2.47. The second-order valence-electron chi connectivity index (χ2n) is 4.12. The van der Waals surface area contributed by atoms with Crippen LogP contribution in [0.3, 0.4) is 0 Å². The highest BCUT2D eigenvalue weighted by molar-refractivity contribution is 9.10. The quantitative estimate of drug-likeness (QED) is 0.473. The van der Waals surface area contributed by atoms with Crippen molar-refractivity contribution in [3.05, 3.63) is 62.0 Å². The third-order valence-electron chi connectivity index (χ3n) is 2.72. The standard InChI is InChI=1S/C14H11BrCl2N2O2/c15-10-5-9(14(20)19-18)6-12(17)13(10)21-7-8-3-1-2-4-11(8)16/h1-6H,7,18H2,(H,19,20). The average molecular weight is 390 g/mol. The molecule has 2 rings (SSSR count). The van der Waals surface area contributed by atoms with Gasteiger partial charge < -0.3 is 4.74 Å². The highest BCUT2D eigenvalue weighted by atomic mass is 79.9. The van der Waals surface area contributed by atoms with Gasteiger partial charge in [-0.2, -0.15) is 0 Å². The lowest BCUT2D eigenvalue weighted by atomic mass is 10.2. The Morgan fingerprint density at radius 2 is 1.95 bits per heavy atom. The van der Waals surface area contributed by atoms with Gasteiger partial charge in [0, 0.05) is 16.1 Å². The van der Waals surface area contributed by atoms with Crippen LogP contribution in [-0.4, -0.2) is 5.91 Å². The molecule has 0 aliphatic heterocycles. The number of ether oxygens (including phenoxy) is 1. The maximum absolute atomic E-state index is 11.5. The minimum atomic E-state index is -0.435. The number of hydrazine groups is 1. The van der Waals surface area contributed by atoms with Crippen LogP contribution in [0.15, 0.2) is 40.9 Å². The zero-order valence-corrected chi connectivity index (χ0v) is 13.8. The van der Waals surface area contributed by atoms with Crippen LogP contribution in [-0.2, 0) is 6.61 Å². The van der Waals surface area contributed by atoms with E-state index in [0.29, 0.717) is 25.8 Å². The zero-order valence-electron chi connectivity index (χ0n) is 10.7. The van der Waals surface area contributed by atoms with Crippen molar-refractivity contribution in [2.75, 3.05) is 0 Å². The molecule has 0 fully saturated rings. The molecule has 0 aliphatic rings. The van der Waals surface area contributed by atoms with E-state index in [4.69, 9.17) is 33.8 Å². The Hall–Kier alpha value is -1.27. The number of hydrogen-bond acceptors (Lipinski definition) is 3. The fourth-order valence-corrected chi connectivity index (χ4v) is 2.83. The van der Waals surface area contributed by atoms with Gasteiger partial charge in [-0.3, -0.25) is 10.2 Å². The lowest BCUT2D eigenvalue weighted by Gasteiger charge is -2.12. The van der Waals surface area contributed by atoms with Crippen LogP contribution in [0.25, 0.3) is 0 Å². The Balaban J connectivity index is 2.21. The number of halogens is 3. The summed E-state index contributed by atoms with van der Waals surface area (Å²) in [6.45, 7) is 0.264. The molecule has 0 atom stereocenters. The molecule has 0 aliphatic carbocycles. The Kier molecular flexibility index (Phi) is 5.47. The molecular weight excluding hydrogens is 379 g/mol. The molecule has 2 aromatic carbocycles. The molecule has 3 N–H and O–H groups in total. The topological polar surface area (TPSA) is 64.3 Å². The zero-order chi connectivity index (χ0) is 15.4. The summed E-state index contributed by atoms with van der Waals surface area (Å²) < 4.78 is 6.23. The molecule has 0 saturated heterocycles. The largest absolute Gasteiger partial charge is 0.486 e. The van der Waals surface area contributed by atoms with Gasteiger partial charge >= 0.3 is 0 Å². The van der Waals surface area contributed by atoms with Gasteiger partial charge in [0.25, 0.3) is 5.91 Å². The van der Waals surface area contributed by atoms with Crippen LogP contribution in [0.1, 0.15) is 15.9 Å². The van der Waals surface area contributed by atoms with Crippen molar-refractivity contribution in [3.8, 4) is 5.75 Å². The van der Waals surface area contributed by atoms with Crippen LogP contribution in [0.5, 0.6) is 5.75 Å². The number of amides is 1. The predicted molar refractivity (Wildman–Crippen MR) is 86.6 cm³/mol. The van der Waals surface area contributed by atoms with E-state index in [9.17, 15) is 4.79 Å². The van der Waals surface area contributed by atoms with E-state index in [1.165, 1.54) is 6.07 Å². The van der Waals surface area contributed by atoms with Crippen molar-refractivity contribution in [2.45, 2.75) is 6.61 Å². The molecule has 0 bridgehead atoms. The Morgan fingerprint density at radius 3 is 2.57 bits per heavy atom. The summed E-state index contributed by atoms with van der Waals surface area (Å²) in [6.07, 6.45) is 0. The van der Waals surface area contributed by atoms with Gasteiger partial charge in [-0.25, -0.2) is 5.84 Å². The van der Waals surface area contributed by atoms with Gasteiger partial charge in [0.05, 0.1) is 9.50 Å². The summed E-state index contributed by atoms with van der Waals surface area (Å²) in [5.41, 5.74) is 3.22. The van der Waals surface area contributed by atoms with E-state index in [-0.39, 0.29) is 6.61 Å². The van der Waals surface area contributed by atoms with Gasteiger partial charge in [0.15, 0.2) is 5.75 Å². The molecule has 0 heterocycles. The van der Waals surface area contributed by atoms with Crippen molar-refractivity contribution >= 4 is 45.0 Å². The van der Waals surface area contributed by atoms with Gasteiger partial charge in [0.2, 0.25) is 0 Å². The van der Waals surface area contributed by atoms with E-state index in [1.54, 1.807) is 12.1 Å². The van der Waals surface area contributed by atoms with Crippen LogP contribution in [0.2, 0.25) is 10.0 Å². The second-order valence-corrected chi connectivity index (χ2v) is 5.79. The Morgan fingerprint density at radius 1 is 1.24 bits per heavy atom. The molecular formula is C14H11BrCl2N2O2. The number of carbonyl (C=O) groups excluding carboxylic acids is 1. The molecule has 0 aromatic heterocycles. The van der Waals surface area contributed by atoms with Crippen LogP contribution >= 0.6 is 39.1 Å².